The van der Waals surface area contributed by atoms with E-state index in [0.29, 0.717) is 36.8 Å². The Bertz CT molecular complexity index is 1230. The number of fused-ring (bicyclic) bond motifs is 3. The van der Waals surface area contributed by atoms with Crippen molar-refractivity contribution in [2.75, 3.05) is 37.2 Å². The molecule has 32 heavy (non-hydrogen) atoms. The standard InChI is InChI=1S/C24H26N2O5S/c1-15-10-20-19(12-26(14-30-20)18-8-9-32(28,29)13-18)24-22(15)23(27)21(31-24)11-16-4-6-17(7-5-16)25(2)3/h4-7,10-11,18H,8-9,12-14H2,1-3H3/b21-11-. The molecule has 168 valence electrons. The molecule has 5 rings (SSSR count). The number of Topliss-reactive ketones (excluding diaryl/α,β-unsaturated/α-hetero) is 1. The number of benzene rings is 2. The minimum atomic E-state index is -3.00. The predicted molar refractivity (Wildman–Crippen MR) is 123 cm³/mol. The molecule has 8 heteroatoms. The molecule has 7 nitrogen and oxygen atoms in total. The van der Waals surface area contributed by atoms with E-state index in [-0.39, 0.29) is 29.1 Å². The highest BCUT2D eigenvalue weighted by Gasteiger charge is 2.39. The van der Waals surface area contributed by atoms with E-state index in [0.717, 1.165) is 22.4 Å². The third-order valence-corrected chi connectivity index (χ3v) is 8.13. The van der Waals surface area contributed by atoms with E-state index >= 15 is 0 Å². The number of carbonyl (C=O) groups is 1. The second kappa shape index (κ2) is 7.64. The van der Waals surface area contributed by atoms with Crippen LogP contribution in [0.25, 0.3) is 6.08 Å². The Labute approximate surface area is 188 Å². The molecule has 3 heterocycles. The van der Waals surface area contributed by atoms with Crippen LogP contribution in [0.5, 0.6) is 11.5 Å². The lowest BCUT2D eigenvalue weighted by Crippen LogP contribution is -2.41. The zero-order valence-corrected chi connectivity index (χ0v) is 19.2. The summed E-state index contributed by atoms with van der Waals surface area (Å²) in [4.78, 5) is 17.2. The number of carbonyl (C=O) groups excluding carboxylic acids is 1. The molecule has 2 aromatic rings. The summed E-state index contributed by atoms with van der Waals surface area (Å²) in [6.45, 7) is 2.71. The van der Waals surface area contributed by atoms with Crippen molar-refractivity contribution in [3.05, 3.63) is 58.3 Å². The van der Waals surface area contributed by atoms with E-state index in [1.54, 1.807) is 6.08 Å². The molecule has 0 spiro atoms. The summed E-state index contributed by atoms with van der Waals surface area (Å²) in [5.41, 5.74) is 4.13. The summed E-state index contributed by atoms with van der Waals surface area (Å²) in [7, 11) is 0.961. The molecule has 0 aromatic heterocycles. The van der Waals surface area contributed by atoms with Gasteiger partial charge in [0.25, 0.3) is 0 Å². The zero-order chi connectivity index (χ0) is 22.6. The predicted octanol–water partition coefficient (Wildman–Crippen LogP) is 3.02. The molecule has 1 fully saturated rings. The molecule has 2 aromatic carbocycles. The number of allylic oxidation sites excluding steroid dienone is 1. The molecular weight excluding hydrogens is 428 g/mol. The SMILES string of the molecule is Cc1cc2c(c3c1C(=O)/C(=C/c1ccc(N(C)C)cc1)O3)CN(C1CCS(=O)(=O)C1)CO2. The van der Waals surface area contributed by atoms with Crippen LogP contribution in [-0.2, 0) is 16.4 Å². The number of aryl methyl sites for hydroxylation is 1. The summed E-state index contributed by atoms with van der Waals surface area (Å²) in [5.74, 6) is 1.73. The van der Waals surface area contributed by atoms with Crippen LogP contribution in [0.3, 0.4) is 0 Å². The molecule has 0 bridgehead atoms. The zero-order valence-electron chi connectivity index (χ0n) is 18.4. The molecule has 1 atom stereocenters. The summed E-state index contributed by atoms with van der Waals surface area (Å²) < 4.78 is 35.9. The second-order valence-corrected chi connectivity index (χ2v) is 11.1. The molecule has 0 aliphatic carbocycles. The van der Waals surface area contributed by atoms with Gasteiger partial charge in [0, 0.05) is 32.4 Å². The number of nitrogens with zero attached hydrogens (tertiary/aromatic N) is 2. The van der Waals surface area contributed by atoms with Crippen molar-refractivity contribution >= 4 is 27.4 Å². The van der Waals surface area contributed by atoms with Crippen LogP contribution in [0.15, 0.2) is 36.1 Å². The van der Waals surface area contributed by atoms with Crippen LogP contribution in [0, 0.1) is 6.92 Å². The summed E-state index contributed by atoms with van der Waals surface area (Å²) in [6.07, 6.45) is 2.36. The lowest BCUT2D eigenvalue weighted by Gasteiger charge is -2.33. The largest absolute Gasteiger partial charge is 0.478 e. The number of hydrogen-bond acceptors (Lipinski definition) is 7. The number of ketones is 1. The van der Waals surface area contributed by atoms with Gasteiger partial charge in [0.05, 0.1) is 22.6 Å². The normalized spacial score (nSPS) is 22.9. The van der Waals surface area contributed by atoms with Gasteiger partial charge in [-0.15, -0.1) is 0 Å². The van der Waals surface area contributed by atoms with Gasteiger partial charge < -0.3 is 14.4 Å². The van der Waals surface area contributed by atoms with Gasteiger partial charge in [0.15, 0.2) is 15.6 Å². The molecule has 0 radical (unpaired) electrons. The fraction of sp³-hybridized carbons (Fsp3) is 0.375. The Kier molecular flexibility index (Phi) is 5.02. The molecule has 3 aliphatic rings. The van der Waals surface area contributed by atoms with E-state index in [1.165, 1.54) is 0 Å². The average Bonchev–Trinajstić information content (AvgIpc) is 3.28. The lowest BCUT2D eigenvalue weighted by atomic mass is 9.98. The Hall–Kier alpha value is -2.84. The van der Waals surface area contributed by atoms with Gasteiger partial charge in [0.1, 0.15) is 18.2 Å². The van der Waals surface area contributed by atoms with Crippen molar-refractivity contribution in [1.29, 1.82) is 0 Å². The third kappa shape index (κ3) is 3.67. The van der Waals surface area contributed by atoms with Crippen molar-refractivity contribution in [1.82, 2.24) is 4.90 Å². The van der Waals surface area contributed by atoms with Crippen LogP contribution >= 0.6 is 0 Å². The van der Waals surface area contributed by atoms with E-state index in [1.807, 2.05) is 61.2 Å². The maximum Gasteiger partial charge on any atom is 0.232 e. The van der Waals surface area contributed by atoms with Crippen molar-refractivity contribution < 1.29 is 22.7 Å². The number of ether oxygens (including phenoxy) is 2. The van der Waals surface area contributed by atoms with E-state index in [4.69, 9.17) is 9.47 Å². The summed E-state index contributed by atoms with van der Waals surface area (Å²) in [5, 5.41) is 0. The third-order valence-electron chi connectivity index (χ3n) is 6.38. The van der Waals surface area contributed by atoms with Crippen molar-refractivity contribution in [2.45, 2.75) is 25.9 Å². The van der Waals surface area contributed by atoms with Crippen molar-refractivity contribution in [2.24, 2.45) is 0 Å². The highest BCUT2D eigenvalue weighted by molar-refractivity contribution is 7.91. The number of hydrogen-bond donors (Lipinski definition) is 0. The van der Waals surface area contributed by atoms with Crippen LogP contribution < -0.4 is 14.4 Å². The van der Waals surface area contributed by atoms with Gasteiger partial charge in [-0.25, -0.2) is 8.42 Å². The minimum absolute atomic E-state index is 0.0765. The van der Waals surface area contributed by atoms with E-state index in [9.17, 15) is 13.2 Å². The van der Waals surface area contributed by atoms with Gasteiger partial charge in [0.2, 0.25) is 5.78 Å². The molecule has 1 unspecified atom stereocenters. The maximum absolute atomic E-state index is 13.2. The smallest absolute Gasteiger partial charge is 0.232 e. The summed E-state index contributed by atoms with van der Waals surface area (Å²) >= 11 is 0. The maximum atomic E-state index is 13.2. The Morgan fingerprint density at radius 2 is 1.94 bits per heavy atom. The molecular formula is C24H26N2O5S. The Morgan fingerprint density at radius 1 is 1.19 bits per heavy atom. The monoisotopic (exact) mass is 454 g/mol. The van der Waals surface area contributed by atoms with Gasteiger partial charge in [-0.2, -0.15) is 0 Å². The lowest BCUT2D eigenvalue weighted by molar-refractivity contribution is 0.0633. The van der Waals surface area contributed by atoms with Crippen LogP contribution in [0.4, 0.5) is 5.69 Å². The first-order valence-corrected chi connectivity index (χ1v) is 12.5. The van der Waals surface area contributed by atoms with Crippen molar-refractivity contribution in [3.63, 3.8) is 0 Å². The minimum Gasteiger partial charge on any atom is -0.478 e. The van der Waals surface area contributed by atoms with Crippen LogP contribution in [0.1, 0.15) is 33.5 Å². The second-order valence-electron chi connectivity index (χ2n) is 8.88. The molecule has 3 aliphatic heterocycles. The highest BCUT2D eigenvalue weighted by atomic mass is 32.2. The van der Waals surface area contributed by atoms with Crippen molar-refractivity contribution in [3.8, 4) is 11.5 Å². The van der Waals surface area contributed by atoms with Crippen LogP contribution in [0.2, 0.25) is 0 Å². The number of rotatable bonds is 3. The average molecular weight is 455 g/mol. The first-order valence-electron chi connectivity index (χ1n) is 10.7. The first-order chi connectivity index (χ1) is 15.2. The highest BCUT2D eigenvalue weighted by Crippen LogP contribution is 2.44. The first kappa shape index (κ1) is 21.0. The fourth-order valence-electron chi connectivity index (χ4n) is 4.56. The van der Waals surface area contributed by atoms with Crippen LogP contribution in [-0.4, -0.2) is 57.5 Å². The topological polar surface area (TPSA) is 76.2 Å². The van der Waals surface area contributed by atoms with Gasteiger partial charge in [-0.3, -0.25) is 9.69 Å². The molecule has 1 saturated heterocycles. The van der Waals surface area contributed by atoms with E-state index < -0.39 is 9.84 Å². The summed E-state index contributed by atoms with van der Waals surface area (Å²) in [6, 6.07) is 9.70. The van der Waals surface area contributed by atoms with E-state index in [2.05, 4.69) is 0 Å². The van der Waals surface area contributed by atoms with Gasteiger partial charge >= 0.3 is 0 Å². The number of anilines is 1. The fourth-order valence-corrected chi connectivity index (χ4v) is 6.33. The Balaban J connectivity index is 1.45. The van der Waals surface area contributed by atoms with Gasteiger partial charge in [-0.1, -0.05) is 12.1 Å². The van der Waals surface area contributed by atoms with Gasteiger partial charge in [-0.05, 0) is 48.7 Å². The number of sulfone groups is 1. The molecule has 0 N–H and O–H groups in total. The Morgan fingerprint density at radius 3 is 2.59 bits per heavy atom. The molecule has 0 saturated carbocycles. The molecule has 0 amide bonds. The quantitative estimate of drug-likeness (QED) is 0.660.